The van der Waals surface area contributed by atoms with Crippen LogP contribution in [0.15, 0.2) is 84.0 Å². The Morgan fingerprint density at radius 1 is 0.900 bits per heavy atom. The summed E-state index contributed by atoms with van der Waals surface area (Å²) in [6.45, 7) is 8.08. The highest BCUT2D eigenvalue weighted by Gasteiger charge is 2.32. The molecule has 1 atom stereocenters. The molecule has 0 radical (unpaired) electrons. The third kappa shape index (κ3) is 7.48. The highest BCUT2D eigenvalue weighted by molar-refractivity contribution is 7.99. The third-order valence-corrected chi connectivity index (χ3v) is 7.35. The van der Waals surface area contributed by atoms with Crippen molar-refractivity contribution in [2.24, 2.45) is 0 Å². The Bertz CT molecular complexity index is 1450. The molecule has 3 aromatic carbocycles. The van der Waals surface area contributed by atoms with Gasteiger partial charge in [0, 0.05) is 23.6 Å². The predicted octanol–water partition coefficient (Wildman–Crippen LogP) is 6.22. The van der Waals surface area contributed by atoms with Crippen LogP contribution in [0.3, 0.4) is 0 Å². The van der Waals surface area contributed by atoms with E-state index in [0.717, 1.165) is 33.6 Å². The number of aryl methyl sites for hydroxylation is 4. The van der Waals surface area contributed by atoms with Gasteiger partial charge < -0.3 is 15.0 Å². The van der Waals surface area contributed by atoms with Gasteiger partial charge in [0.15, 0.2) is 5.16 Å². The fourth-order valence-electron chi connectivity index (χ4n) is 4.37. The molecule has 0 aliphatic carbocycles. The average Bonchev–Trinajstić information content (AvgIpc) is 2.93. The SMILES string of the molecule is COc1ccc(NC(=O)C(c2ccc(C)cc2)N(Cc2ccccc2C)C(=O)CSc2nc(C)cc(C)n2)cc1. The molecule has 1 heterocycles. The van der Waals surface area contributed by atoms with E-state index >= 15 is 0 Å². The number of ether oxygens (including phenoxy) is 1. The lowest BCUT2D eigenvalue weighted by molar-refractivity contribution is -0.137. The third-order valence-electron chi connectivity index (χ3n) is 6.52. The van der Waals surface area contributed by atoms with E-state index in [0.29, 0.717) is 16.6 Å². The molecule has 1 aromatic heterocycles. The van der Waals surface area contributed by atoms with E-state index in [9.17, 15) is 9.59 Å². The smallest absolute Gasteiger partial charge is 0.251 e. The second kappa shape index (κ2) is 13.3. The molecule has 2 amide bonds. The van der Waals surface area contributed by atoms with Crippen molar-refractivity contribution in [2.45, 2.75) is 45.4 Å². The minimum atomic E-state index is -0.865. The first-order valence-corrected chi connectivity index (χ1v) is 14.0. The molecular formula is C32H34N4O3S. The molecule has 40 heavy (non-hydrogen) atoms. The van der Waals surface area contributed by atoms with E-state index in [1.165, 1.54) is 11.8 Å². The van der Waals surface area contributed by atoms with Crippen molar-refractivity contribution in [3.8, 4) is 5.75 Å². The van der Waals surface area contributed by atoms with E-state index in [4.69, 9.17) is 4.74 Å². The van der Waals surface area contributed by atoms with Gasteiger partial charge in [-0.15, -0.1) is 0 Å². The molecule has 1 N–H and O–H groups in total. The minimum Gasteiger partial charge on any atom is -0.497 e. The number of aromatic nitrogens is 2. The molecule has 0 aliphatic heterocycles. The topological polar surface area (TPSA) is 84.4 Å². The maximum Gasteiger partial charge on any atom is 0.251 e. The summed E-state index contributed by atoms with van der Waals surface area (Å²) >= 11 is 1.28. The van der Waals surface area contributed by atoms with Gasteiger partial charge in [0.25, 0.3) is 5.91 Å². The first-order chi connectivity index (χ1) is 19.2. The summed E-state index contributed by atoms with van der Waals surface area (Å²) in [7, 11) is 1.59. The fourth-order valence-corrected chi connectivity index (χ4v) is 5.20. The molecule has 4 rings (SSSR count). The van der Waals surface area contributed by atoms with Crippen molar-refractivity contribution in [3.63, 3.8) is 0 Å². The van der Waals surface area contributed by atoms with Crippen LogP contribution in [0, 0.1) is 27.7 Å². The van der Waals surface area contributed by atoms with Gasteiger partial charge in [0.2, 0.25) is 5.91 Å². The van der Waals surface area contributed by atoms with Crippen LogP contribution < -0.4 is 10.1 Å². The molecular weight excluding hydrogens is 520 g/mol. The van der Waals surface area contributed by atoms with E-state index in [1.54, 1.807) is 36.3 Å². The Balaban J connectivity index is 1.70. The second-order valence-electron chi connectivity index (χ2n) is 9.70. The van der Waals surface area contributed by atoms with Crippen molar-refractivity contribution in [1.29, 1.82) is 0 Å². The van der Waals surface area contributed by atoms with E-state index in [-0.39, 0.29) is 24.1 Å². The number of carbonyl (C=O) groups excluding carboxylic acids is 2. The highest BCUT2D eigenvalue weighted by Crippen LogP contribution is 2.28. The van der Waals surface area contributed by atoms with Crippen LogP contribution in [0.1, 0.15) is 39.7 Å². The lowest BCUT2D eigenvalue weighted by Gasteiger charge is -2.32. The van der Waals surface area contributed by atoms with Crippen molar-refractivity contribution in [1.82, 2.24) is 14.9 Å². The summed E-state index contributed by atoms with van der Waals surface area (Å²) in [6, 6.07) is 23.8. The van der Waals surface area contributed by atoms with Crippen molar-refractivity contribution >= 4 is 29.3 Å². The molecule has 0 bridgehead atoms. The predicted molar refractivity (Wildman–Crippen MR) is 160 cm³/mol. The normalized spacial score (nSPS) is 11.5. The Morgan fingerprint density at radius 3 is 2.17 bits per heavy atom. The zero-order valence-corrected chi connectivity index (χ0v) is 24.3. The van der Waals surface area contributed by atoms with Crippen LogP contribution in [0.2, 0.25) is 0 Å². The number of hydrogen-bond donors (Lipinski definition) is 1. The molecule has 0 aliphatic rings. The van der Waals surface area contributed by atoms with E-state index < -0.39 is 6.04 Å². The highest BCUT2D eigenvalue weighted by atomic mass is 32.2. The average molecular weight is 555 g/mol. The molecule has 7 nitrogen and oxygen atoms in total. The lowest BCUT2D eigenvalue weighted by Crippen LogP contribution is -2.42. The molecule has 8 heteroatoms. The van der Waals surface area contributed by atoms with Gasteiger partial charge in [-0.1, -0.05) is 65.9 Å². The number of nitrogens with one attached hydrogen (secondary N) is 1. The fraction of sp³-hybridized carbons (Fsp3) is 0.250. The number of amides is 2. The molecule has 0 saturated carbocycles. The van der Waals surface area contributed by atoms with Crippen molar-refractivity contribution < 1.29 is 14.3 Å². The first-order valence-electron chi connectivity index (χ1n) is 13.0. The van der Waals surface area contributed by atoms with Crippen LogP contribution in [0.5, 0.6) is 5.75 Å². The molecule has 4 aromatic rings. The summed E-state index contributed by atoms with van der Waals surface area (Å²) in [4.78, 5) is 38.5. The van der Waals surface area contributed by atoms with Crippen LogP contribution in [0.25, 0.3) is 0 Å². The van der Waals surface area contributed by atoms with Gasteiger partial charge in [-0.3, -0.25) is 9.59 Å². The largest absolute Gasteiger partial charge is 0.497 e. The quantitative estimate of drug-likeness (QED) is 0.185. The van der Waals surface area contributed by atoms with Crippen molar-refractivity contribution in [2.75, 3.05) is 18.2 Å². The summed E-state index contributed by atoms with van der Waals surface area (Å²) in [6.07, 6.45) is 0. The Labute approximate surface area is 240 Å². The monoisotopic (exact) mass is 554 g/mol. The lowest BCUT2D eigenvalue weighted by atomic mass is 10.0. The zero-order valence-electron chi connectivity index (χ0n) is 23.5. The molecule has 206 valence electrons. The Hall–Kier alpha value is -4.17. The van der Waals surface area contributed by atoms with Crippen LogP contribution >= 0.6 is 11.8 Å². The first kappa shape index (κ1) is 28.8. The molecule has 0 saturated heterocycles. The standard InChI is InChI=1S/C32H34N4O3S/c1-21-10-12-25(13-11-21)30(31(38)35-27-14-16-28(39-5)17-15-27)36(19-26-9-7-6-8-22(26)2)29(37)20-40-32-33-23(3)18-24(4)34-32/h6-18,30H,19-20H2,1-5H3,(H,35,38). The Kier molecular flexibility index (Phi) is 9.56. The summed E-state index contributed by atoms with van der Waals surface area (Å²) in [5.41, 5.74) is 6.11. The number of benzene rings is 3. The summed E-state index contributed by atoms with van der Waals surface area (Å²) in [5, 5.41) is 3.55. The van der Waals surface area contributed by atoms with Gasteiger partial charge in [0.1, 0.15) is 11.8 Å². The number of hydrogen-bond acceptors (Lipinski definition) is 6. The maximum absolute atomic E-state index is 14.0. The van der Waals surface area contributed by atoms with Gasteiger partial charge in [0.05, 0.1) is 12.9 Å². The number of thioether (sulfide) groups is 1. The van der Waals surface area contributed by atoms with E-state index in [1.807, 2.05) is 82.3 Å². The summed E-state index contributed by atoms with van der Waals surface area (Å²) in [5.74, 6) is 0.289. The van der Waals surface area contributed by atoms with Crippen LogP contribution in [-0.4, -0.2) is 39.5 Å². The van der Waals surface area contributed by atoms with Crippen LogP contribution in [-0.2, 0) is 16.1 Å². The van der Waals surface area contributed by atoms with Gasteiger partial charge in [-0.05, 0) is 74.7 Å². The van der Waals surface area contributed by atoms with E-state index in [2.05, 4.69) is 15.3 Å². The molecule has 0 spiro atoms. The Morgan fingerprint density at radius 2 is 1.55 bits per heavy atom. The minimum absolute atomic E-state index is 0.0902. The number of rotatable bonds is 10. The molecule has 0 fully saturated rings. The summed E-state index contributed by atoms with van der Waals surface area (Å²) < 4.78 is 5.25. The zero-order chi connectivity index (χ0) is 28.6. The number of carbonyl (C=O) groups is 2. The number of methoxy groups -OCH3 is 1. The second-order valence-corrected chi connectivity index (χ2v) is 10.6. The molecule has 1 unspecified atom stereocenters. The van der Waals surface area contributed by atoms with Gasteiger partial charge in [-0.25, -0.2) is 9.97 Å². The van der Waals surface area contributed by atoms with Crippen LogP contribution in [0.4, 0.5) is 5.69 Å². The van der Waals surface area contributed by atoms with Crippen molar-refractivity contribution in [3.05, 3.63) is 113 Å². The van der Waals surface area contributed by atoms with Gasteiger partial charge >= 0.3 is 0 Å². The number of nitrogens with zero attached hydrogens (tertiary/aromatic N) is 3. The van der Waals surface area contributed by atoms with Gasteiger partial charge in [-0.2, -0.15) is 0 Å². The number of anilines is 1. The maximum atomic E-state index is 14.0.